The van der Waals surface area contributed by atoms with Gasteiger partial charge in [-0.2, -0.15) is 0 Å². The summed E-state index contributed by atoms with van der Waals surface area (Å²) in [6.45, 7) is 0.687. The molecule has 5 nitrogen and oxygen atoms in total. The van der Waals surface area contributed by atoms with Gasteiger partial charge in [0.2, 0.25) is 0 Å². The second kappa shape index (κ2) is 5.24. The Morgan fingerprint density at radius 1 is 1.44 bits per heavy atom. The molecule has 1 aromatic heterocycles. The highest BCUT2D eigenvalue weighted by molar-refractivity contribution is 7.90. The van der Waals surface area contributed by atoms with E-state index in [0.717, 1.165) is 24.8 Å². The normalized spacial score (nSPS) is 24.1. The Morgan fingerprint density at radius 3 is 2.78 bits per heavy atom. The molecule has 0 aromatic carbocycles. The van der Waals surface area contributed by atoms with Crippen LogP contribution in [0.25, 0.3) is 0 Å². The number of hydrogen-bond donors (Lipinski definition) is 2. The highest BCUT2D eigenvalue weighted by Gasteiger charge is 2.25. The van der Waals surface area contributed by atoms with E-state index >= 15 is 0 Å². The second-order valence-electron chi connectivity index (χ2n) is 4.83. The second-order valence-corrected chi connectivity index (χ2v) is 6.80. The Kier molecular flexibility index (Phi) is 3.87. The van der Waals surface area contributed by atoms with Crippen molar-refractivity contribution >= 4 is 15.5 Å². The topological polar surface area (TPSA) is 85.1 Å². The zero-order valence-corrected chi connectivity index (χ0v) is 11.3. The van der Waals surface area contributed by atoms with Crippen LogP contribution in [0.15, 0.2) is 23.4 Å². The standard InChI is InChI=1S/C12H19N3O2S/c1-18(16,17)12-6-5-10(8-14-12)15-11-4-2-3-9(11)7-13/h5-6,8-9,11,15H,2-4,7,13H2,1H3. The third-order valence-corrected chi connectivity index (χ3v) is 4.43. The number of anilines is 1. The van der Waals surface area contributed by atoms with Crippen LogP contribution >= 0.6 is 0 Å². The van der Waals surface area contributed by atoms with Crippen molar-refractivity contribution in [1.82, 2.24) is 4.98 Å². The van der Waals surface area contributed by atoms with Crippen molar-refractivity contribution in [2.24, 2.45) is 11.7 Å². The number of hydrogen-bond acceptors (Lipinski definition) is 5. The quantitative estimate of drug-likeness (QED) is 0.852. The van der Waals surface area contributed by atoms with Crippen molar-refractivity contribution in [3.8, 4) is 0 Å². The molecule has 0 spiro atoms. The fourth-order valence-corrected chi connectivity index (χ4v) is 2.97. The van der Waals surface area contributed by atoms with Gasteiger partial charge in [0.15, 0.2) is 14.9 Å². The Morgan fingerprint density at radius 2 is 2.22 bits per heavy atom. The van der Waals surface area contributed by atoms with E-state index < -0.39 is 9.84 Å². The monoisotopic (exact) mass is 269 g/mol. The highest BCUT2D eigenvalue weighted by atomic mass is 32.2. The van der Waals surface area contributed by atoms with Gasteiger partial charge in [-0.25, -0.2) is 13.4 Å². The molecule has 0 saturated heterocycles. The van der Waals surface area contributed by atoms with Gasteiger partial charge in [-0.05, 0) is 37.4 Å². The molecule has 0 radical (unpaired) electrons. The number of aromatic nitrogens is 1. The highest BCUT2D eigenvalue weighted by Crippen LogP contribution is 2.27. The van der Waals surface area contributed by atoms with Gasteiger partial charge in [0.1, 0.15) is 0 Å². The first kappa shape index (κ1) is 13.3. The largest absolute Gasteiger partial charge is 0.381 e. The third-order valence-electron chi connectivity index (χ3n) is 3.43. The van der Waals surface area contributed by atoms with Crippen molar-refractivity contribution < 1.29 is 8.42 Å². The molecule has 2 rings (SSSR count). The van der Waals surface area contributed by atoms with E-state index in [9.17, 15) is 8.42 Å². The zero-order chi connectivity index (χ0) is 13.2. The summed E-state index contributed by atoms with van der Waals surface area (Å²) in [5, 5.41) is 3.49. The lowest BCUT2D eigenvalue weighted by Crippen LogP contribution is -2.29. The van der Waals surface area contributed by atoms with Crippen LogP contribution in [-0.4, -0.2) is 32.2 Å². The summed E-state index contributed by atoms with van der Waals surface area (Å²) < 4.78 is 22.6. The Labute approximate surface area is 108 Å². The minimum absolute atomic E-state index is 0.106. The predicted molar refractivity (Wildman–Crippen MR) is 71.2 cm³/mol. The van der Waals surface area contributed by atoms with E-state index in [4.69, 9.17) is 5.73 Å². The lowest BCUT2D eigenvalue weighted by Gasteiger charge is -2.20. The number of nitrogens with one attached hydrogen (secondary N) is 1. The Bertz CT molecular complexity index is 499. The molecular formula is C12H19N3O2S. The first-order chi connectivity index (χ1) is 8.50. The van der Waals surface area contributed by atoms with Crippen LogP contribution < -0.4 is 11.1 Å². The fourth-order valence-electron chi connectivity index (χ4n) is 2.41. The zero-order valence-electron chi connectivity index (χ0n) is 10.5. The van der Waals surface area contributed by atoms with Crippen LogP contribution in [0.4, 0.5) is 5.69 Å². The van der Waals surface area contributed by atoms with Crippen LogP contribution in [0.1, 0.15) is 19.3 Å². The molecule has 3 N–H and O–H groups in total. The molecule has 0 amide bonds. The van der Waals surface area contributed by atoms with E-state index in [1.807, 2.05) is 0 Å². The number of sulfone groups is 1. The molecule has 1 heterocycles. The first-order valence-electron chi connectivity index (χ1n) is 6.13. The molecule has 0 bridgehead atoms. The van der Waals surface area contributed by atoms with Crippen LogP contribution in [0.2, 0.25) is 0 Å². The van der Waals surface area contributed by atoms with Gasteiger partial charge >= 0.3 is 0 Å². The van der Waals surface area contributed by atoms with Crippen LogP contribution in [-0.2, 0) is 9.84 Å². The summed E-state index contributed by atoms with van der Waals surface area (Å²) in [4.78, 5) is 3.96. The number of pyridine rings is 1. The fraction of sp³-hybridized carbons (Fsp3) is 0.583. The molecule has 1 aliphatic rings. The molecule has 18 heavy (non-hydrogen) atoms. The first-order valence-corrected chi connectivity index (χ1v) is 8.02. The van der Waals surface area contributed by atoms with Gasteiger partial charge in [-0.15, -0.1) is 0 Å². The maximum atomic E-state index is 11.3. The minimum Gasteiger partial charge on any atom is -0.381 e. The molecule has 1 aromatic rings. The predicted octanol–water partition coefficient (Wildman–Crippen LogP) is 1.02. The lowest BCUT2D eigenvalue weighted by molar-refractivity contribution is 0.516. The van der Waals surface area contributed by atoms with Gasteiger partial charge in [0, 0.05) is 12.3 Å². The van der Waals surface area contributed by atoms with Gasteiger partial charge in [0.05, 0.1) is 11.9 Å². The van der Waals surface area contributed by atoms with E-state index in [2.05, 4.69) is 10.3 Å². The molecular weight excluding hydrogens is 250 g/mol. The summed E-state index contributed by atoms with van der Waals surface area (Å²) in [6, 6.07) is 3.67. The minimum atomic E-state index is -3.22. The van der Waals surface area contributed by atoms with Crippen molar-refractivity contribution in [1.29, 1.82) is 0 Å². The summed E-state index contributed by atoms with van der Waals surface area (Å²) in [6.07, 6.45) is 6.18. The number of nitrogens with two attached hydrogens (primary N) is 1. The number of rotatable bonds is 4. The Hall–Kier alpha value is -1.14. The average Bonchev–Trinajstić information content (AvgIpc) is 2.76. The average molecular weight is 269 g/mol. The van der Waals surface area contributed by atoms with Crippen molar-refractivity contribution in [2.75, 3.05) is 18.1 Å². The lowest BCUT2D eigenvalue weighted by atomic mass is 10.0. The van der Waals surface area contributed by atoms with E-state index in [0.29, 0.717) is 18.5 Å². The molecule has 2 unspecified atom stereocenters. The summed E-state index contributed by atoms with van der Waals surface area (Å²) in [5.41, 5.74) is 6.58. The van der Waals surface area contributed by atoms with Crippen LogP contribution in [0.5, 0.6) is 0 Å². The third kappa shape index (κ3) is 3.00. The van der Waals surface area contributed by atoms with Crippen LogP contribution in [0.3, 0.4) is 0 Å². The maximum absolute atomic E-state index is 11.3. The Balaban J connectivity index is 2.07. The number of nitrogens with zero attached hydrogens (tertiary/aromatic N) is 1. The maximum Gasteiger partial charge on any atom is 0.192 e. The summed E-state index contributed by atoms with van der Waals surface area (Å²) >= 11 is 0. The van der Waals surface area contributed by atoms with E-state index in [-0.39, 0.29) is 5.03 Å². The molecule has 0 aliphatic heterocycles. The van der Waals surface area contributed by atoms with Gasteiger partial charge < -0.3 is 11.1 Å². The molecule has 1 saturated carbocycles. The molecule has 1 aliphatic carbocycles. The van der Waals surface area contributed by atoms with Gasteiger partial charge in [-0.3, -0.25) is 0 Å². The molecule has 2 atom stereocenters. The van der Waals surface area contributed by atoms with Gasteiger partial charge in [0.25, 0.3) is 0 Å². The van der Waals surface area contributed by atoms with Crippen molar-refractivity contribution in [3.63, 3.8) is 0 Å². The van der Waals surface area contributed by atoms with Crippen molar-refractivity contribution in [3.05, 3.63) is 18.3 Å². The summed E-state index contributed by atoms with van der Waals surface area (Å²) in [5.74, 6) is 0.500. The smallest absolute Gasteiger partial charge is 0.192 e. The molecule has 6 heteroatoms. The van der Waals surface area contributed by atoms with Crippen LogP contribution in [0, 0.1) is 5.92 Å². The summed E-state index contributed by atoms with van der Waals surface area (Å²) in [7, 11) is -3.22. The van der Waals surface area contributed by atoms with Gasteiger partial charge in [-0.1, -0.05) is 6.42 Å². The SMILES string of the molecule is CS(=O)(=O)c1ccc(NC2CCCC2CN)cn1. The van der Waals surface area contributed by atoms with E-state index in [1.165, 1.54) is 12.5 Å². The molecule has 1 fully saturated rings. The van der Waals surface area contributed by atoms with Crippen molar-refractivity contribution in [2.45, 2.75) is 30.3 Å². The van der Waals surface area contributed by atoms with E-state index in [1.54, 1.807) is 12.3 Å². The molecule has 100 valence electrons.